The zero-order chi connectivity index (χ0) is 20.1. The van der Waals surface area contributed by atoms with Gasteiger partial charge >= 0.3 is 0 Å². The highest BCUT2D eigenvalue weighted by Gasteiger charge is 2.22. The van der Waals surface area contributed by atoms with E-state index in [4.69, 9.17) is 5.73 Å². The van der Waals surface area contributed by atoms with E-state index in [0.29, 0.717) is 18.4 Å². The van der Waals surface area contributed by atoms with Crippen LogP contribution in [0, 0.1) is 12.7 Å². The molecule has 0 unspecified atom stereocenters. The maximum Gasteiger partial charge on any atom is 0.132 e. The molecule has 1 heterocycles. The van der Waals surface area contributed by atoms with Gasteiger partial charge in [-0.05, 0) is 55.2 Å². The Bertz CT molecular complexity index is 921. The SMILES string of the molecule is Cc1ccc(Sc2ccc(-c3ccc(CCC(N)(CO)CO)cc3)c(F)c2)s1. The molecule has 0 fully saturated rings. The first-order chi connectivity index (χ1) is 13.4. The Kier molecular flexibility index (Phi) is 6.91. The fraction of sp³-hybridized carbons (Fsp3) is 0.273. The molecule has 2 aromatic carbocycles. The second-order valence-corrected chi connectivity index (χ2v) is 9.65. The van der Waals surface area contributed by atoms with Gasteiger partial charge in [-0.2, -0.15) is 0 Å². The Morgan fingerprint density at radius 2 is 1.75 bits per heavy atom. The van der Waals surface area contributed by atoms with Crippen molar-refractivity contribution in [1.29, 1.82) is 0 Å². The molecule has 0 radical (unpaired) electrons. The Hall–Kier alpha value is -1.70. The molecule has 0 amide bonds. The van der Waals surface area contributed by atoms with Gasteiger partial charge in [0.05, 0.1) is 23.0 Å². The summed E-state index contributed by atoms with van der Waals surface area (Å²) >= 11 is 3.27. The largest absolute Gasteiger partial charge is 0.394 e. The lowest BCUT2D eigenvalue weighted by atomic mass is 9.93. The monoisotopic (exact) mass is 417 g/mol. The molecule has 4 N–H and O–H groups in total. The van der Waals surface area contributed by atoms with Gasteiger partial charge in [-0.1, -0.05) is 42.1 Å². The van der Waals surface area contributed by atoms with Crippen molar-refractivity contribution in [2.24, 2.45) is 5.73 Å². The Morgan fingerprint density at radius 1 is 1.04 bits per heavy atom. The van der Waals surface area contributed by atoms with Gasteiger partial charge in [0.2, 0.25) is 0 Å². The van der Waals surface area contributed by atoms with Crippen molar-refractivity contribution >= 4 is 23.1 Å². The van der Waals surface area contributed by atoms with Gasteiger partial charge in [-0.3, -0.25) is 0 Å². The third-order valence-corrected chi connectivity index (χ3v) is 6.80. The van der Waals surface area contributed by atoms with Crippen molar-refractivity contribution in [3.8, 4) is 11.1 Å². The maximum atomic E-state index is 14.7. The Morgan fingerprint density at radius 3 is 2.32 bits per heavy atom. The summed E-state index contributed by atoms with van der Waals surface area (Å²) in [7, 11) is 0. The zero-order valence-corrected chi connectivity index (χ0v) is 17.3. The number of hydrogen-bond acceptors (Lipinski definition) is 5. The molecule has 0 atom stereocenters. The molecule has 3 aromatic rings. The summed E-state index contributed by atoms with van der Waals surface area (Å²) in [6, 6.07) is 17.1. The van der Waals surface area contributed by atoms with E-state index in [1.165, 1.54) is 4.88 Å². The summed E-state index contributed by atoms with van der Waals surface area (Å²) in [5.41, 5.74) is 7.34. The van der Waals surface area contributed by atoms with Crippen molar-refractivity contribution in [3.05, 3.63) is 70.9 Å². The summed E-state index contributed by atoms with van der Waals surface area (Å²) in [6.45, 7) is 1.54. The van der Waals surface area contributed by atoms with Crippen molar-refractivity contribution in [3.63, 3.8) is 0 Å². The summed E-state index contributed by atoms with van der Waals surface area (Å²) < 4.78 is 15.8. The number of hydrogen-bond donors (Lipinski definition) is 3. The second kappa shape index (κ2) is 9.20. The minimum Gasteiger partial charge on any atom is -0.394 e. The van der Waals surface area contributed by atoms with E-state index in [0.717, 1.165) is 20.2 Å². The van der Waals surface area contributed by atoms with Crippen LogP contribution < -0.4 is 5.73 Å². The lowest BCUT2D eigenvalue weighted by molar-refractivity contribution is 0.115. The number of benzene rings is 2. The van der Waals surface area contributed by atoms with E-state index in [9.17, 15) is 14.6 Å². The molecule has 6 heteroatoms. The van der Waals surface area contributed by atoms with Crippen LogP contribution >= 0.6 is 23.1 Å². The first kappa shape index (κ1) is 21.0. The average molecular weight is 418 g/mol. The van der Waals surface area contributed by atoms with Crippen LogP contribution in [0.25, 0.3) is 11.1 Å². The van der Waals surface area contributed by atoms with E-state index in [1.54, 1.807) is 29.2 Å². The Balaban J connectivity index is 1.69. The predicted octanol–water partition coefficient (Wildman–Crippen LogP) is 4.63. The highest BCUT2D eigenvalue weighted by Crippen LogP contribution is 2.35. The maximum absolute atomic E-state index is 14.7. The molecule has 0 aliphatic rings. The van der Waals surface area contributed by atoms with Crippen LogP contribution in [0.4, 0.5) is 4.39 Å². The number of aryl methyl sites for hydroxylation is 2. The normalized spacial score (nSPS) is 11.8. The van der Waals surface area contributed by atoms with Gasteiger partial charge in [0.15, 0.2) is 0 Å². The molecule has 0 bridgehead atoms. The van der Waals surface area contributed by atoms with Crippen LogP contribution in [0.15, 0.2) is 63.7 Å². The van der Waals surface area contributed by atoms with Crippen molar-refractivity contribution in [2.45, 2.75) is 34.4 Å². The number of rotatable bonds is 8. The van der Waals surface area contributed by atoms with Crippen LogP contribution in [0.2, 0.25) is 0 Å². The standard InChI is InChI=1S/C22H24FNO2S2/c1-15-2-9-21(27-15)28-18-7-8-19(20(23)12-18)17-5-3-16(4-6-17)10-11-22(24,13-25)14-26/h2-9,12,25-26H,10-11,13-14,24H2,1H3. The lowest BCUT2D eigenvalue weighted by Gasteiger charge is -2.24. The van der Waals surface area contributed by atoms with Crippen molar-refractivity contribution in [2.75, 3.05) is 13.2 Å². The molecular formula is C22H24FNO2S2. The molecular weight excluding hydrogens is 393 g/mol. The number of aliphatic hydroxyl groups is 2. The molecule has 0 saturated heterocycles. The first-order valence-corrected chi connectivity index (χ1v) is 10.7. The van der Waals surface area contributed by atoms with E-state index in [2.05, 4.69) is 19.1 Å². The molecule has 0 spiro atoms. The van der Waals surface area contributed by atoms with Gasteiger partial charge < -0.3 is 15.9 Å². The summed E-state index contributed by atoms with van der Waals surface area (Å²) in [4.78, 5) is 2.12. The molecule has 3 nitrogen and oxygen atoms in total. The van der Waals surface area contributed by atoms with Crippen LogP contribution in [0.3, 0.4) is 0 Å². The molecule has 0 aliphatic carbocycles. The third-order valence-electron chi connectivity index (χ3n) is 4.68. The summed E-state index contributed by atoms with van der Waals surface area (Å²) in [5, 5.41) is 18.6. The molecule has 0 saturated carbocycles. The fourth-order valence-electron chi connectivity index (χ4n) is 2.83. The smallest absolute Gasteiger partial charge is 0.132 e. The zero-order valence-electron chi connectivity index (χ0n) is 15.7. The topological polar surface area (TPSA) is 66.5 Å². The molecule has 28 heavy (non-hydrogen) atoms. The quantitative estimate of drug-likeness (QED) is 0.500. The minimum absolute atomic E-state index is 0.243. The number of thiophene rings is 1. The van der Waals surface area contributed by atoms with Gasteiger partial charge in [-0.25, -0.2) is 4.39 Å². The molecule has 148 valence electrons. The third kappa shape index (κ3) is 5.21. The Labute approximate surface area is 173 Å². The highest BCUT2D eigenvalue weighted by molar-refractivity contribution is 8.01. The van der Waals surface area contributed by atoms with Gasteiger partial charge in [0, 0.05) is 15.3 Å². The highest BCUT2D eigenvalue weighted by atomic mass is 32.2. The minimum atomic E-state index is -0.973. The first-order valence-electron chi connectivity index (χ1n) is 9.06. The van der Waals surface area contributed by atoms with Crippen LogP contribution in [0.1, 0.15) is 16.9 Å². The lowest BCUT2D eigenvalue weighted by Crippen LogP contribution is -2.47. The molecule has 0 aliphatic heterocycles. The van der Waals surface area contributed by atoms with E-state index < -0.39 is 5.54 Å². The van der Waals surface area contributed by atoms with Crippen LogP contribution in [-0.2, 0) is 6.42 Å². The van der Waals surface area contributed by atoms with Gasteiger partial charge in [0.1, 0.15) is 5.82 Å². The molecule has 1 aromatic heterocycles. The summed E-state index contributed by atoms with van der Waals surface area (Å²) in [5.74, 6) is -0.243. The van der Waals surface area contributed by atoms with Crippen LogP contribution in [0.5, 0.6) is 0 Å². The van der Waals surface area contributed by atoms with E-state index in [1.807, 2.05) is 36.4 Å². The predicted molar refractivity (Wildman–Crippen MR) is 114 cm³/mol. The van der Waals surface area contributed by atoms with Crippen LogP contribution in [-0.4, -0.2) is 29.0 Å². The second-order valence-electron chi connectivity index (χ2n) is 6.98. The average Bonchev–Trinajstić information content (AvgIpc) is 3.11. The van der Waals surface area contributed by atoms with Crippen molar-refractivity contribution in [1.82, 2.24) is 0 Å². The summed E-state index contributed by atoms with van der Waals surface area (Å²) in [6.07, 6.45) is 1.11. The van der Waals surface area contributed by atoms with E-state index >= 15 is 0 Å². The number of halogens is 1. The molecule has 3 rings (SSSR count). The van der Waals surface area contributed by atoms with Crippen molar-refractivity contribution < 1.29 is 14.6 Å². The van der Waals surface area contributed by atoms with Gasteiger partial charge in [-0.15, -0.1) is 11.3 Å². The number of nitrogens with two attached hydrogens (primary N) is 1. The van der Waals surface area contributed by atoms with E-state index in [-0.39, 0.29) is 19.0 Å². The van der Waals surface area contributed by atoms with Gasteiger partial charge in [0.25, 0.3) is 0 Å². The number of aliphatic hydroxyl groups excluding tert-OH is 2. The fourth-order valence-corrected chi connectivity index (χ4v) is 4.93.